The molecular weight excluding hydrogens is 377 g/mol. The van der Waals surface area contributed by atoms with Gasteiger partial charge in [-0.1, -0.05) is 0 Å². The van der Waals surface area contributed by atoms with Gasteiger partial charge in [0.1, 0.15) is 12.4 Å². The van der Waals surface area contributed by atoms with Crippen LogP contribution in [0.2, 0.25) is 0 Å². The Morgan fingerprint density at radius 2 is 2.24 bits per heavy atom. The smallest absolute Gasteiger partial charge is 0.307 e. The topological polar surface area (TPSA) is 115 Å². The van der Waals surface area contributed by atoms with Crippen LogP contribution in [0, 0.1) is 22.8 Å². The van der Waals surface area contributed by atoms with E-state index in [1.165, 1.54) is 11.1 Å². The number of hydrogen-bond acceptors (Lipinski definition) is 7. The van der Waals surface area contributed by atoms with Crippen LogP contribution >= 0.6 is 0 Å². The van der Waals surface area contributed by atoms with E-state index in [2.05, 4.69) is 16.4 Å². The van der Waals surface area contributed by atoms with Crippen LogP contribution in [-0.2, 0) is 0 Å². The van der Waals surface area contributed by atoms with E-state index in [1.807, 2.05) is 6.19 Å². The minimum atomic E-state index is -0.651. The largest absolute Gasteiger partial charge is 0.490 e. The second-order valence-corrected chi connectivity index (χ2v) is 7.14. The molecule has 8 nitrogen and oxygen atoms in total. The lowest BCUT2D eigenvalue weighted by Gasteiger charge is -2.12. The molecule has 1 amide bonds. The van der Waals surface area contributed by atoms with Crippen LogP contribution in [0.3, 0.4) is 0 Å². The van der Waals surface area contributed by atoms with Gasteiger partial charge in [-0.05, 0) is 37.5 Å². The summed E-state index contributed by atoms with van der Waals surface area (Å²) in [5, 5.41) is 20.9. The third-order valence-electron chi connectivity index (χ3n) is 4.95. The summed E-state index contributed by atoms with van der Waals surface area (Å²) in [5.74, 6) is 0.196. The predicted octanol–water partition coefficient (Wildman–Crippen LogP) is 2.38. The van der Waals surface area contributed by atoms with Crippen LogP contribution in [-0.4, -0.2) is 47.2 Å². The van der Waals surface area contributed by atoms with Crippen molar-refractivity contribution in [3.8, 4) is 29.3 Å². The number of nitrogens with zero attached hydrogens (tertiary/aromatic N) is 4. The number of likely N-dealkylation sites (tertiary alicyclic amines) is 1. The minimum absolute atomic E-state index is 0.146. The Labute approximate surface area is 166 Å². The van der Waals surface area contributed by atoms with Crippen LogP contribution in [0.5, 0.6) is 5.75 Å². The second kappa shape index (κ2) is 7.80. The monoisotopic (exact) mass is 395 g/mol. The van der Waals surface area contributed by atoms with Gasteiger partial charge in [0.15, 0.2) is 12.0 Å². The summed E-state index contributed by atoms with van der Waals surface area (Å²) in [7, 11) is 0. The van der Waals surface area contributed by atoms with Gasteiger partial charge >= 0.3 is 5.91 Å². The van der Waals surface area contributed by atoms with Crippen molar-refractivity contribution in [3.05, 3.63) is 35.9 Å². The lowest BCUT2D eigenvalue weighted by atomic mass is 10.1. The van der Waals surface area contributed by atoms with Crippen molar-refractivity contribution in [2.75, 3.05) is 13.2 Å². The van der Waals surface area contributed by atoms with Crippen molar-refractivity contribution < 1.29 is 18.3 Å². The van der Waals surface area contributed by atoms with E-state index >= 15 is 0 Å². The number of carbonyl (C=O) groups excluding carboxylic acids is 1. The quantitative estimate of drug-likeness (QED) is 0.747. The molecule has 4 rings (SSSR count). The molecule has 1 N–H and O–H groups in total. The van der Waals surface area contributed by atoms with Crippen molar-refractivity contribution in [2.24, 2.45) is 0 Å². The lowest BCUT2D eigenvalue weighted by molar-refractivity contribution is 0.0904. The zero-order valence-corrected chi connectivity index (χ0v) is 15.5. The summed E-state index contributed by atoms with van der Waals surface area (Å²) < 4.78 is 24.5. The Morgan fingerprint density at radius 1 is 1.41 bits per heavy atom. The molecule has 2 fully saturated rings. The van der Waals surface area contributed by atoms with E-state index in [1.54, 1.807) is 18.2 Å². The third kappa shape index (κ3) is 3.99. The summed E-state index contributed by atoms with van der Waals surface area (Å²) in [4.78, 5) is 17.8. The van der Waals surface area contributed by atoms with Gasteiger partial charge < -0.3 is 19.4 Å². The molecule has 1 aromatic carbocycles. The number of ether oxygens (including phenoxy) is 1. The van der Waals surface area contributed by atoms with Crippen molar-refractivity contribution in [2.45, 2.75) is 37.5 Å². The molecule has 1 aliphatic heterocycles. The highest BCUT2D eigenvalue weighted by Crippen LogP contribution is 2.36. The maximum absolute atomic E-state index is 13.0. The number of carbonyl (C=O) groups is 1. The first-order valence-electron chi connectivity index (χ1n) is 9.31. The van der Waals surface area contributed by atoms with Gasteiger partial charge in [0.25, 0.3) is 5.89 Å². The van der Waals surface area contributed by atoms with E-state index in [4.69, 9.17) is 14.4 Å². The van der Waals surface area contributed by atoms with Crippen LogP contribution in [0.1, 0.15) is 35.5 Å². The Bertz CT molecular complexity index is 1000. The van der Waals surface area contributed by atoms with E-state index in [-0.39, 0.29) is 24.6 Å². The second-order valence-electron chi connectivity index (χ2n) is 7.14. The average Bonchev–Trinajstić information content (AvgIpc) is 3.26. The molecule has 1 aliphatic carbocycles. The molecule has 1 aromatic heterocycles. The molecule has 1 saturated carbocycles. The number of halogens is 1. The number of alkyl halides is 1. The molecule has 0 spiro atoms. The summed E-state index contributed by atoms with van der Waals surface area (Å²) in [6.07, 6.45) is 5.79. The summed E-state index contributed by atoms with van der Waals surface area (Å²) in [5.41, 5.74) is 0.988. The summed E-state index contributed by atoms with van der Waals surface area (Å²) in [6.45, 7) is -0.407. The molecule has 148 valence electrons. The van der Waals surface area contributed by atoms with Crippen LogP contribution in [0.25, 0.3) is 11.3 Å². The van der Waals surface area contributed by atoms with E-state index in [0.717, 1.165) is 12.8 Å². The minimum Gasteiger partial charge on any atom is -0.490 e. The normalized spacial score (nSPS) is 20.7. The van der Waals surface area contributed by atoms with Crippen LogP contribution in [0.4, 0.5) is 4.39 Å². The number of hydrogen-bond donors (Lipinski definition) is 1. The maximum atomic E-state index is 13.0. The van der Waals surface area contributed by atoms with Gasteiger partial charge in [-0.15, -0.1) is 0 Å². The lowest BCUT2D eigenvalue weighted by Crippen LogP contribution is -2.36. The molecule has 1 unspecified atom stereocenters. The Kier molecular flexibility index (Phi) is 5.05. The molecule has 2 heterocycles. The third-order valence-corrected chi connectivity index (χ3v) is 4.95. The molecule has 29 heavy (non-hydrogen) atoms. The number of amides is 1. The Balaban J connectivity index is 1.51. The first-order valence-corrected chi connectivity index (χ1v) is 9.31. The summed E-state index contributed by atoms with van der Waals surface area (Å²) in [6, 6.07) is 6.18. The number of nitriles is 2. The number of nitrogens with one attached hydrogen (secondary N) is 1. The van der Waals surface area contributed by atoms with Crippen LogP contribution < -0.4 is 10.1 Å². The Morgan fingerprint density at radius 3 is 2.90 bits per heavy atom. The standard InChI is InChI=1S/C20H18FN5O3/c21-7-14-6-13(10-26(14)11-23)25-19(27)20-24-9-18(29-20)16-5-12(8-22)1-4-17(16)28-15-2-3-15/h1,4-5,9,13-15H,2-3,6-7,10H2,(H,25,27)/t13-,14?/m1/s1. The van der Waals surface area contributed by atoms with E-state index in [9.17, 15) is 14.4 Å². The zero-order chi connectivity index (χ0) is 20.4. The van der Waals surface area contributed by atoms with Gasteiger partial charge in [-0.25, -0.2) is 9.37 Å². The fraction of sp³-hybridized carbons (Fsp3) is 0.400. The van der Waals surface area contributed by atoms with Gasteiger partial charge in [0.05, 0.1) is 35.5 Å². The predicted molar refractivity (Wildman–Crippen MR) is 98.3 cm³/mol. The average molecular weight is 395 g/mol. The molecule has 2 atom stereocenters. The van der Waals surface area contributed by atoms with Gasteiger partial charge in [-0.2, -0.15) is 10.5 Å². The number of rotatable bonds is 6. The molecule has 9 heteroatoms. The maximum Gasteiger partial charge on any atom is 0.307 e. The first-order chi connectivity index (χ1) is 14.1. The number of oxazole rings is 1. The number of aromatic nitrogens is 1. The van der Waals surface area contributed by atoms with Crippen molar-refractivity contribution in [1.82, 2.24) is 15.2 Å². The van der Waals surface area contributed by atoms with Gasteiger partial charge in [0, 0.05) is 12.6 Å². The van der Waals surface area contributed by atoms with E-state index < -0.39 is 18.6 Å². The Hall–Kier alpha value is -3.59. The summed E-state index contributed by atoms with van der Waals surface area (Å²) >= 11 is 0. The van der Waals surface area contributed by atoms with Crippen molar-refractivity contribution in [1.29, 1.82) is 10.5 Å². The zero-order valence-electron chi connectivity index (χ0n) is 15.5. The fourth-order valence-corrected chi connectivity index (χ4v) is 3.30. The van der Waals surface area contributed by atoms with E-state index in [0.29, 0.717) is 29.1 Å². The van der Waals surface area contributed by atoms with Gasteiger partial charge in [0.2, 0.25) is 0 Å². The molecule has 2 aliphatic rings. The fourth-order valence-electron chi connectivity index (χ4n) is 3.30. The molecular formula is C20H18FN5O3. The van der Waals surface area contributed by atoms with Crippen molar-refractivity contribution >= 4 is 5.91 Å². The molecule has 1 saturated heterocycles. The number of benzene rings is 1. The highest BCUT2D eigenvalue weighted by molar-refractivity contribution is 5.90. The molecule has 2 aromatic rings. The van der Waals surface area contributed by atoms with Gasteiger partial charge in [-0.3, -0.25) is 4.79 Å². The highest BCUT2D eigenvalue weighted by Gasteiger charge is 2.33. The first kappa shape index (κ1) is 18.8. The SMILES string of the molecule is N#Cc1ccc(OC2CC2)c(-c2cnc(C(=O)N[C@@H]3CC(CF)N(C#N)C3)o2)c1. The highest BCUT2D eigenvalue weighted by atomic mass is 19.1. The molecule has 0 radical (unpaired) electrons. The van der Waals surface area contributed by atoms with Crippen molar-refractivity contribution in [3.63, 3.8) is 0 Å². The van der Waals surface area contributed by atoms with Crippen LogP contribution in [0.15, 0.2) is 28.8 Å². The molecule has 0 bridgehead atoms.